The third-order valence-corrected chi connectivity index (χ3v) is 1.83. The van der Waals surface area contributed by atoms with Crippen molar-refractivity contribution in [3.8, 4) is 5.75 Å². The lowest BCUT2D eigenvalue weighted by molar-refractivity contribution is -0.138. The Bertz CT molecular complexity index is 385. The maximum absolute atomic E-state index is 10.8. The van der Waals surface area contributed by atoms with E-state index in [1.54, 1.807) is 12.3 Å². The van der Waals surface area contributed by atoms with Crippen LogP contribution < -0.4 is 10.5 Å². The van der Waals surface area contributed by atoms with Crippen LogP contribution in [0.1, 0.15) is 32.4 Å². The van der Waals surface area contributed by atoms with E-state index in [9.17, 15) is 4.79 Å². The quantitative estimate of drug-likeness (QED) is 0.809. The number of hydrogen-bond donors (Lipinski definition) is 2. The SMILES string of the molecule is CC(C)(C)Oc1ccncc1C(N)C(=O)O. The van der Waals surface area contributed by atoms with Gasteiger partial charge >= 0.3 is 5.97 Å². The molecular weight excluding hydrogens is 208 g/mol. The molecule has 1 heterocycles. The van der Waals surface area contributed by atoms with Crippen molar-refractivity contribution >= 4 is 5.97 Å². The van der Waals surface area contributed by atoms with Crippen molar-refractivity contribution in [3.63, 3.8) is 0 Å². The molecule has 0 fully saturated rings. The highest BCUT2D eigenvalue weighted by atomic mass is 16.5. The van der Waals surface area contributed by atoms with Crippen LogP contribution in [-0.4, -0.2) is 21.7 Å². The topological polar surface area (TPSA) is 85.4 Å². The van der Waals surface area contributed by atoms with Gasteiger partial charge in [0.2, 0.25) is 0 Å². The maximum atomic E-state index is 10.8. The molecule has 0 aliphatic carbocycles. The Labute approximate surface area is 94.2 Å². The summed E-state index contributed by atoms with van der Waals surface area (Å²) in [5.74, 6) is -0.649. The van der Waals surface area contributed by atoms with Crippen molar-refractivity contribution in [2.24, 2.45) is 5.73 Å². The first-order chi connectivity index (χ1) is 7.31. The Balaban J connectivity index is 3.05. The number of aromatic nitrogens is 1. The number of nitrogens with zero attached hydrogens (tertiary/aromatic N) is 1. The predicted octanol–water partition coefficient (Wildman–Crippen LogP) is 1.34. The molecule has 1 aromatic rings. The van der Waals surface area contributed by atoms with Crippen molar-refractivity contribution < 1.29 is 14.6 Å². The van der Waals surface area contributed by atoms with E-state index in [1.807, 2.05) is 20.8 Å². The summed E-state index contributed by atoms with van der Waals surface area (Å²) >= 11 is 0. The number of hydrogen-bond acceptors (Lipinski definition) is 4. The lowest BCUT2D eigenvalue weighted by atomic mass is 10.1. The molecule has 0 aliphatic rings. The normalized spacial score (nSPS) is 13.2. The van der Waals surface area contributed by atoms with Crippen LogP contribution in [0.5, 0.6) is 5.75 Å². The predicted molar refractivity (Wildman–Crippen MR) is 59.2 cm³/mol. The summed E-state index contributed by atoms with van der Waals surface area (Å²) in [5.41, 5.74) is 5.51. The number of aliphatic carboxylic acids is 1. The highest BCUT2D eigenvalue weighted by Crippen LogP contribution is 2.26. The van der Waals surface area contributed by atoms with E-state index in [2.05, 4.69) is 4.98 Å². The molecule has 1 aromatic heterocycles. The van der Waals surface area contributed by atoms with Gasteiger partial charge in [-0.05, 0) is 26.8 Å². The Kier molecular flexibility index (Phi) is 3.49. The van der Waals surface area contributed by atoms with E-state index in [-0.39, 0.29) is 0 Å². The second kappa shape index (κ2) is 4.49. The monoisotopic (exact) mass is 224 g/mol. The molecule has 16 heavy (non-hydrogen) atoms. The smallest absolute Gasteiger partial charge is 0.325 e. The van der Waals surface area contributed by atoms with Gasteiger partial charge in [-0.3, -0.25) is 9.78 Å². The van der Waals surface area contributed by atoms with Crippen LogP contribution in [0.25, 0.3) is 0 Å². The first-order valence-electron chi connectivity index (χ1n) is 4.92. The number of carboxylic acid groups (broad SMARTS) is 1. The van der Waals surface area contributed by atoms with Gasteiger partial charge in [-0.2, -0.15) is 0 Å². The zero-order valence-electron chi connectivity index (χ0n) is 9.60. The second-order valence-electron chi connectivity index (χ2n) is 4.44. The van der Waals surface area contributed by atoms with Crippen molar-refractivity contribution in [3.05, 3.63) is 24.0 Å². The molecule has 5 heteroatoms. The van der Waals surface area contributed by atoms with Gasteiger partial charge in [-0.1, -0.05) is 0 Å². The molecule has 0 saturated heterocycles. The minimum Gasteiger partial charge on any atom is -0.488 e. The van der Waals surface area contributed by atoms with Gasteiger partial charge in [-0.25, -0.2) is 0 Å². The average molecular weight is 224 g/mol. The van der Waals surface area contributed by atoms with Crippen LogP contribution in [0.15, 0.2) is 18.5 Å². The van der Waals surface area contributed by atoms with Gasteiger partial charge in [0.05, 0.1) is 0 Å². The van der Waals surface area contributed by atoms with Crippen LogP contribution in [0, 0.1) is 0 Å². The van der Waals surface area contributed by atoms with E-state index in [1.165, 1.54) is 6.20 Å². The lowest BCUT2D eigenvalue weighted by Crippen LogP contribution is -2.26. The molecule has 5 nitrogen and oxygen atoms in total. The van der Waals surface area contributed by atoms with Crippen molar-refractivity contribution in [1.29, 1.82) is 0 Å². The van der Waals surface area contributed by atoms with Crippen LogP contribution in [-0.2, 0) is 4.79 Å². The highest BCUT2D eigenvalue weighted by molar-refractivity contribution is 5.76. The second-order valence-corrected chi connectivity index (χ2v) is 4.44. The Hall–Kier alpha value is -1.62. The number of carbonyl (C=O) groups is 1. The zero-order valence-corrected chi connectivity index (χ0v) is 9.60. The van der Waals surface area contributed by atoms with Gasteiger partial charge in [0.15, 0.2) is 0 Å². The first kappa shape index (κ1) is 12.4. The Morgan fingerprint density at radius 2 is 2.19 bits per heavy atom. The molecule has 0 aliphatic heterocycles. The molecule has 3 N–H and O–H groups in total. The Morgan fingerprint density at radius 3 is 2.69 bits per heavy atom. The van der Waals surface area contributed by atoms with Gasteiger partial charge in [-0.15, -0.1) is 0 Å². The van der Waals surface area contributed by atoms with E-state index >= 15 is 0 Å². The zero-order chi connectivity index (χ0) is 12.3. The molecular formula is C11H16N2O3. The molecule has 0 aromatic carbocycles. The average Bonchev–Trinajstić information content (AvgIpc) is 2.15. The summed E-state index contributed by atoms with van der Waals surface area (Å²) in [6.07, 6.45) is 2.96. The highest BCUT2D eigenvalue weighted by Gasteiger charge is 2.22. The summed E-state index contributed by atoms with van der Waals surface area (Å²) in [4.78, 5) is 14.7. The molecule has 1 rings (SSSR count). The van der Waals surface area contributed by atoms with Gasteiger partial charge < -0.3 is 15.6 Å². The number of rotatable bonds is 3. The van der Waals surface area contributed by atoms with E-state index in [0.717, 1.165) is 0 Å². The maximum Gasteiger partial charge on any atom is 0.325 e. The summed E-state index contributed by atoms with van der Waals surface area (Å²) in [6, 6.07) is 0.495. The van der Waals surface area contributed by atoms with Crippen LogP contribution >= 0.6 is 0 Å². The summed E-state index contributed by atoms with van der Waals surface area (Å²) in [6.45, 7) is 5.64. The molecule has 1 unspecified atom stereocenters. The molecule has 0 saturated carbocycles. The fraction of sp³-hybridized carbons (Fsp3) is 0.455. The minimum atomic E-state index is -1.12. The molecule has 0 amide bonds. The van der Waals surface area contributed by atoms with Crippen LogP contribution in [0.4, 0.5) is 0 Å². The molecule has 0 bridgehead atoms. The first-order valence-corrected chi connectivity index (χ1v) is 4.92. The molecule has 0 spiro atoms. The van der Waals surface area contributed by atoms with Gasteiger partial charge in [0, 0.05) is 18.0 Å². The van der Waals surface area contributed by atoms with E-state index in [4.69, 9.17) is 15.6 Å². The number of nitrogens with two attached hydrogens (primary N) is 1. The molecule has 0 radical (unpaired) electrons. The van der Waals surface area contributed by atoms with Crippen molar-refractivity contribution in [2.45, 2.75) is 32.4 Å². The third-order valence-electron chi connectivity index (χ3n) is 1.83. The van der Waals surface area contributed by atoms with Gasteiger partial charge in [0.1, 0.15) is 17.4 Å². The molecule has 88 valence electrons. The van der Waals surface area contributed by atoms with Crippen molar-refractivity contribution in [2.75, 3.05) is 0 Å². The van der Waals surface area contributed by atoms with Gasteiger partial charge in [0.25, 0.3) is 0 Å². The number of ether oxygens (including phenoxy) is 1. The standard InChI is InChI=1S/C11H16N2O3/c1-11(2,3)16-8-4-5-13-6-7(8)9(12)10(14)15/h4-6,9H,12H2,1-3H3,(H,14,15). The van der Waals surface area contributed by atoms with E-state index in [0.29, 0.717) is 11.3 Å². The largest absolute Gasteiger partial charge is 0.488 e. The summed E-state index contributed by atoms with van der Waals surface area (Å²) < 4.78 is 5.62. The van der Waals surface area contributed by atoms with Crippen LogP contribution in [0.2, 0.25) is 0 Å². The third kappa shape index (κ3) is 3.20. The fourth-order valence-electron chi connectivity index (χ4n) is 1.18. The summed E-state index contributed by atoms with van der Waals surface area (Å²) in [5, 5.41) is 8.85. The Morgan fingerprint density at radius 1 is 1.56 bits per heavy atom. The fourth-order valence-corrected chi connectivity index (χ4v) is 1.18. The van der Waals surface area contributed by atoms with Crippen LogP contribution in [0.3, 0.4) is 0 Å². The number of carboxylic acids is 1. The number of pyridine rings is 1. The van der Waals surface area contributed by atoms with Crippen molar-refractivity contribution in [1.82, 2.24) is 4.98 Å². The van der Waals surface area contributed by atoms with E-state index < -0.39 is 17.6 Å². The minimum absolute atomic E-state index is 0.380. The lowest BCUT2D eigenvalue weighted by Gasteiger charge is -2.23. The summed E-state index contributed by atoms with van der Waals surface area (Å²) in [7, 11) is 0. The molecule has 1 atom stereocenters.